The molecule has 3 aromatic heterocycles. The van der Waals surface area contributed by atoms with E-state index in [0.29, 0.717) is 17.8 Å². The highest BCUT2D eigenvalue weighted by Crippen LogP contribution is 2.11. The molecule has 0 aromatic carbocycles. The van der Waals surface area contributed by atoms with Crippen molar-refractivity contribution in [3.63, 3.8) is 0 Å². The Labute approximate surface area is 115 Å². The molecular weight excluding hydrogens is 256 g/mol. The molecule has 0 atom stereocenters. The third-order valence-electron chi connectivity index (χ3n) is 2.77. The van der Waals surface area contributed by atoms with E-state index in [0.717, 1.165) is 11.4 Å². The molecule has 0 aliphatic heterocycles. The molecule has 0 aliphatic carbocycles. The number of hydrogen-bond acceptors (Lipinski definition) is 6. The highest BCUT2D eigenvalue weighted by molar-refractivity contribution is 5.33. The molecule has 3 aromatic rings. The van der Waals surface area contributed by atoms with Crippen molar-refractivity contribution in [2.24, 2.45) is 0 Å². The summed E-state index contributed by atoms with van der Waals surface area (Å²) in [6.07, 6.45) is 5.09. The van der Waals surface area contributed by atoms with Crippen LogP contribution in [-0.4, -0.2) is 41.3 Å². The van der Waals surface area contributed by atoms with E-state index in [2.05, 4.69) is 30.4 Å². The SMILES string of the molecule is CNc1nc(-n2ccnc2)nc(-n2nc(C)cc2C)n1. The first kappa shape index (κ1) is 12.3. The number of aromatic nitrogens is 7. The number of aryl methyl sites for hydroxylation is 2. The fourth-order valence-corrected chi connectivity index (χ4v) is 1.88. The number of rotatable bonds is 3. The highest BCUT2D eigenvalue weighted by Gasteiger charge is 2.11. The molecule has 0 saturated heterocycles. The number of anilines is 1. The minimum atomic E-state index is 0.471. The number of imidazole rings is 1. The van der Waals surface area contributed by atoms with Crippen LogP contribution in [0.25, 0.3) is 11.9 Å². The molecule has 8 nitrogen and oxygen atoms in total. The summed E-state index contributed by atoms with van der Waals surface area (Å²) in [6, 6.07) is 1.97. The maximum atomic E-state index is 4.43. The average molecular weight is 270 g/mol. The molecule has 8 heteroatoms. The summed E-state index contributed by atoms with van der Waals surface area (Å²) in [5.74, 6) is 1.44. The molecule has 1 N–H and O–H groups in total. The molecule has 20 heavy (non-hydrogen) atoms. The number of nitrogens with zero attached hydrogens (tertiary/aromatic N) is 7. The fraction of sp³-hybridized carbons (Fsp3) is 0.250. The van der Waals surface area contributed by atoms with Gasteiger partial charge < -0.3 is 5.32 Å². The zero-order chi connectivity index (χ0) is 14.1. The van der Waals surface area contributed by atoms with E-state index in [1.165, 1.54) is 0 Å². The Morgan fingerprint density at radius 3 is 2.50 bits per heavy atom. The monoisotopic (exact) mass is 270 g/mol. The average Bonchev–Trinajstić information content (AvgIpc) is 3.08. The lowest BCUT2D eigenvalue weighted by atomic mass is 10.4. The first-order valence-electron chi connectivity index (χ1n) is 6.13. The van der Waals surface area contributed by atoms with Gasteiger partial charge in [-0.25, -0.2) is 9.67 Å². The minimum Gasteiger partial charge on any atom is -0.357 e. The quantitative estimate of drug-likeness (QED) is 0.761. The Bertz CT molecular complexity index is 728. The van der Waals surface area contributed by atoms with E-state index in [1.54, 1.807) is 35.0 Å². The van der Waals surface area contributed by atoms with Gasteiger partial charge in [0, 0.05) is 25.1 Å². The van der Waals surface area contributed by atoms with Crippen molar-refractivity contribution in [1.29, 1.82) is 0 Å². The lowest BCUT2D eigenvalue weighted by Gasteiger charge is -2.07. The standard InChI is InChI=1S/C12H14N8/c1-8-6-9(2)20(18-8)12-16-10(13-3)15-11(17-12)19-5-4-14-7-19/h4-7H,1-3H3,(H,13,15,16,17). The van der Waals surface area contributed by atoms with E-state index >= 15 is 0 Å². The largest absolute Gasteiger partial charge is 0.357 e. The molecule has 0 spiro atoms. The third kappa shape index (κ3) is 2.11. The van der Waals surface area contributed by atoms with E-state index in [1.807, 2.05) is 19.9 Å². The van der Waals surface area contributed by atoms with Gasteiger partial charge in [-0.1, -0.05) is 0 Å². The van der Waals surface area contributed by atoms with Crippen LogP contribution in [0.1, 0.15) is 11.4 Å². The summed E-state index contributed by atoms with van der Waals surface area (Å²) < 4.78 is 3.41. The fourth-order valence-electron chi connectivity index (χ4n) is 1.88. The lowest BCUT2D eigenvalue weighted by molar-refractivity contribution is 0.751. The molecule has 3 rings (SSSR count). The van der Waals surface area contributed by atoms with Gasteiger partial charge in [0.1, 0.15) is 6.33 Å². The lowest BCUT2D eigenvalue weighted by Crippen LogP contribution is -2.12. The van der Waals surface area contributed by atoms with Crippen molar-refractivity contribution in [2.75, 3.05) is 12.4 Å². The topological polar surface area (TPSA) is 86.3 Å². The predicted octanol–water partition coefficient (Wildman–Crippen LogP) is 0.902. The van der Waals surface area contributed by atoms with Crippen LogP contribution in [0, 0.1) is 13.8 Å². The van der Waals surface area contributed by atoms with Gasteiger partial charge in [-0.2, -0.15) is 20.1 Å². The first-order chi connectivity index (χ1) is 9.67. The Balaban J connectivity index is 2.16. The van der Waals surface area contributed by atoms with Crippen LogP contribution in [-0.2, 0) is 0 Å². The third-order valence-corrected chi connectivity index (χ3v) is 2.77. The van der Waals surface area contributed by atoms with Crippen LogP contribution in [0.2, 0.25) is 0 Å². The van der Waals surface area contributed by atoms with Crippen LogP contribution in [0.3, 0.4) is 0 Å². The number of hydrogen-bond donors (Lipinski definition) is 1. The van der Waals surface area contributed by atoms with E-state index in [-0.39, 0.29) is 0 Å². The number of nitrogens with one attached hydrogen (secondary N) is 1. The van der Waals surface area contributed by atoms with Crippen molar-refractivity contribution >= 4 is 5.95 Å². The second-order valence-electron chi connectivity index (χ2n) is 4.32. The van der Waals surface area contributed by atoms with Crippen molar-refractivity contribution in [1.82, 2.24) is 34.3 Å². The van der Waals surface area contributed by atoms with Gasteiger partial charge in [0.25, 0.3) is 5.95 Å². The molecule has 0 radical (unpaired) electrons. The Kier molecular flexibility index (Phi) is 2.90. The molecule has 0 aliphatic rings. The van der Waals surface area contributed by atoms with E-state index < -0.39 is 0 Å². The van der Waals surface area contributed by atoms with Gasteiger partial charge in [-0.15, -0.1) is 0 Å². The maximum absolute atomic E-state index is 4.43. The highest BCUT2D eigenvalue weighted by atomic mass is 15.4. The molecule has 3 heterocycles. The summed E-state index contributed by atoms with van der Waals surface area (Å²) in [5, 5.41) is 7.32. The zero-order valence-corrected chi connectivity index (χ0v) is 11.4. The summed E-state index contributed by atoms with van der Waals surface area (Å²) >= 11 is 0. The van der Waals surface area contributed by atoms with Gasteiger partial charge in [-0.3, -0.25) is 4.57 Å². The zero-order valence-electron chi connectivity index (χ0n) is 11.4. The summed E-state index contributed by atoms with van der Waals surface area (Å²) in [7, 11) is 1.76. The summed E-state index contributed by atoms with van der Waals surface area (Å²) in [4.78, 5) is 17.1. The molecule has 0 saturated carbocycles. The van der Waals surface area contributed by atoms with Gasteiger partial charge >= 0.3 is 0 Å². The molecule has 0 fully saturated rings. The van der Waals surface area contributed by atoms with Crippen LogP contribution >= 0.6 is 0 Å². The first-order valence-corrected chi connectivity index (χ1v) is 6.13. The molecule has 0 amide bonds. The van der Waals surface area contributed by atoms with E-state index in [9.17, 15) is 0 Å². The molecule has 102 valence electrons. The van der Waals surface area contributed by atoms with E-state index in [4.69, 9.17) is 0 Å². The molecular formula is C12H14N8. The van der Waals surface area contributed by atoms with Crippen molar-refractivity contribution in [2.45, 2.75) is 13.8 Å². The predicted molar refractivity (Wildman–Crippen MR) is 73.1 cm³/mol. The van der Waals surface area contributed by atoms with Crippen LogP contribution < -0.4 is 5.32 Å². The normalized spacial score (nSPS) is 10.8. The minimum absolute atomic E-state index is 0.471. The second-order valence-corrected chi connectivity index (χ2v) is 4.32. The van der Waals surface area contributed by atoms with Crippen molar-refractivity contribution in [3.05, 3.63) is 36.2 Å². The van der Waals surface area contributed by atoms with Gasteiger partial charge in [0.05, 0.1) is 5.69 Å². The summed E-state index contributed by atoms with van der Waals surface area (Å²) in [6.45, 7) is 3.89. The Morgan fingerprint density at radius 1 is 1.10 bits per heavy atom. The Hall–Kier alpha value is -2.77. The van der Waals surface area contributed by atoms with Crippen LogP contribution in [0.4, 0.5) is 5.95 Å². The summed E-state index contributed by atoms with van der Waals surface area (Å²) in [5.41, 5.74) is 1.88. The van der Waals surface area contributed by atoms with Gasteiger partial charge in [0.2, 0.25) is 11.9 Å². The Morgan fingerprint density at radius 2 is 1.90 bits per heavy atom. The van der Waals surface area contributed by atoms with Crippen LogP contribution in [0.5, 0.6) is 0 Å². The second kappa shape index (κ2) is 4.72. The van der Waals surface area contributed by atoms with Crippen molar-refractivity contribution in [3.8, 4) is 11.9 Å². The van der Waals surface area contributed by atoms with Gasteiger partial charge in [0.15, 0.2) is 0 Å². The molecule has 0 bridgehead atoms. The van der Waals surface area contributed by atoms with Crippen LogP contribution in [0.15, 0.2) is 24.8 Å². The molecule has 0 unspecified atom stereocenters. The smallest absolute Gasteiger partial charge is 0.257 e. The van der Waals surface area contributed by atoms with Gasteiger partial charge in [-0.05, 0) is 19.9 Å². The maximum Gasteiger partial charge on any atom is 0.257 e. The van der Waals surface area contributed by atoms with Crippen molar-refractivity contribution < 1.29 is 0 Å².